The number of aliphatic hydroxyl groups is 1. The Morgan fingerprint density at radius 3 is 1.95 bits per heavy atom. The van der Waals surface area contributed by atoms with Crippen molar-refractivity contribution in [2.75, 3.05) is 19.8 Å². The van der Waals surface area contributed by atoms with Crippen molar-refractivity contribution in [3.63, 3.8) is 0 Å². The van der Waals surface area contributed by atoms with E-state index in [0.29, 0.717) is 26.1 Å². The summed E-state index contributed by atoms with van der Waals surface area (Å²) in [5.41, 5.74) is -1.06. The van der Waals surface area contributed by atoms with Crippen molar-refractivity contribution in [3.05, 3.63) is 0 Å². The van der Waals surface area contributed by atoms with Crippen LogP contribution in [0, 0.1) is 5.41 Å². The average molecular weight is 301 g/mol. The lowest BCUT2D eigenvalue weighted by molar-refractivity contribution is -0.378. The van der Waals surface area contributed by atoms with E-state index >= 15 is 0 Å². The van der Waals surface area contributed by atoms with Crippen LogP contribution < -0.4 is 0 Å². The highest BCUT2D eigenvalue weighted by Gasteiger charge is 2.58. The van der Waals surface area contributed by atoms with E-state index in [0.717, 1.165) is 12.8 Å². The van der Waals surface area contributed by atoms with Gasteiger partial charge in [-0.15, -0.1) is 0 Å². The molecule has 0 atom stereocenters. The first kappa shape index (κ1) is 17.2. The second-order valence-corrected chi connectivity index (χ2v) is 7.87. The van der Waals surface area contributed by atoms with E-state index in [2.05, 4.69) is 13.8 Å². The van der Waals surface area contributed by atoms with Gasteiger partial charge in [0.25, 0.3) is 0 Å². The molecule has 0 saturated carbocycles. The van der Waals surface area contributed by atoms with Crippen LogP contribution in [0.3, 0.4) is 0 Å². The van der Waals surface area contributed by atoms with E-state index in [9.17, 15) is 10.3 Å². The highest BCUT2D eigenvalue weighted by molar-refractivity contribution is 5.05. The van der Waals surface area contributed by atoms with E-state index in [-0.39, 0.29) is 17.6 Å². The minimum Gasteiger partial charge on any atom is -0.396 e. The predicted molar refractivity (Wildman–Crippen MR) is 80.1 cm³/mol. The Labute approximate surface area is 128 Å². The van der Waals surface area contributed by atoms with Gasteiger partial charge >= 0.3 is 0 Å². The lowest BCUT2D eigenvalue weighted by atomic mass is 9.73. The maximum absolute atomic E-state index is 10.7. The molecule has 2 aliphatic heterocycles. The van der Waals surface area contributed by atoms with Crippen molar-refractivity contribution < 1.29 is 19.8 Å². The van der Waals surface area contributed by atoms with E-state index in [1.807, 2.05) is 20.8 Å². The van der Waals surface area contributed by atoms with Crippen LogP contribution in [0.2, 0.25) is 0 Å². The molecule has 0 amide bonds. The van der Waals surface area contributed by atoms with Crippen molar-refractivity contribution in [3.8, 4) is 0 Å². The smallest absolute Gasteiger partial charge is 0.172 e. The molecule has 2 aliphatic rings. The van der Waals surface area contributed by atoms with Crippen LogP contribution in [0.25, 0.3) is 0 Å². The molecule has 5 heteroatoms. The van der Waals surface area contributed by atoms with Gasteiger partial charge in [0.15, 0.2) is 5.79 Å². The lowest BCUT2D eigenvalue weighted by Gasteiger charge is -2.59. The van der Waals surface area contributed by atoms with Gasteiger partial charge < -0.3 is 19.8 Å². The van der Waals surface area contributed by atoms with Gasteiger partial charge in [0.05, 0.1) is 25.4 Å². The van der Waals surface area contributed by atoms with Gasteiger partial charge in [-0.05, 0) is 26.7 Å². The minimum atomic E-state index is -0.649. The van der Waals surface area contributed by atoms with E-state index < -0.39 is 11.3 Å². The fraction of sp³-hybridized carbons (Fsp3) is 1.00. The number of piperidine rings is 1. The molecule has 2 rings (SSSR count). The van der Waals surface area contributed by atoms with Crippen LogP contribution in [0.4, 0.5) is 0 Å². The van der Waals surface area contributed by atoms with Gasteiger partial charge in [-0.2, -0.15) is 5.06 Å². The van der Waals surface area contributed by atoms with Crippen LogP contribution in [0.1, 0.15) is 60.3 Å². The molecule has 0 radical (unpaired) electrons. The first-order valence-corrected chi connectivity index (χ1v) is 8.05. The van der Waals surface area contributed by atoms with Gasteiger partial charge in [-0.1, -0.05) is 20.8 Å². The summed E-state index contributed by atoms with van der Waals surface area (Å²) in [6.45, 7) is 11.3. The summed E-state index contributed by atoms with van der Waals surface area (Å²) in [4.78, 5) is 0. The zero-order valence-corrected chi connectivity index (χ0v) is 14.1. The normalized spacial score (nSPS) is 39.6. The molecule has 0 aromatic carbocycles. The first-order valence-electron chi connectivity index (χ1n) is 8.05. The number of aliphatic hydroxyl groups excluding tert-OH is 1. The summed E-state index contributed by atoms with van der Waals surface area (Å²) in [6.07, 6.45) is 2.97. The van der Waals surface area contributed by atoms with E-state index in [1.165, 1.54) is 5.06 Å². The molecule has 0 aromatic heterocycles. The maximum atomic E-state index is 10.7. The van der Waals surface area contributed by atoms with Crippen molar-refractivity contribution >= 4 is 0 Å². The number of rotatable bonds is 3. The average Bonchev–Trinajstić information content (AvgIpc) is 2.46. The lowest BCUT2D eigenvalue weighted by Crippen LogP contribution is -2.68. The Morgan fingerprint density at radius 1 is 1.00 bits per heavy atom. The molecule has 2 N–H and O–H groups in total. The van der Waals surface area contributed by atoms with Gasteiger partial charge in [-0.3, -0.25) is 0 Å². The molecular weight excluding hydrogens is 270 g/mol. The largest absolute Gasteiger partial charge is 0.396 e. The highest BCUT2D eigenvalue weighted by Crippen LogP contribution is 2.50. The fourth-order valence-corrected chi connectivity index (χ4v) is 3.80. The molecule has 2 heterocycles. The summed E-state index contributed by atoms with van der Waals surface area (Å²) in [5, 5.41) is 21.7. The van der Waals surface area contributed by atoms with Crippen molar-refractivity contribution in [1.82, 2.24) is 5.06 Å². The molecule has 124 valence electrons. The summed E-state index contributed by atoms with van der Waals surface area (Å²) in [5.74, 6) is -0.649. The molecule has 0 aromatic rings. The minimum absolute atomic E-state index is 0.0608. The Balaban J connectivity index is 2.26. The number of hydrogen-bond acceptors (Lipinski definition) is 5. The molecule has 21 heavy (non-hydrogen) atoms. The molecule has 0 unspecified atom stereocenters. The molecule has 1 spiro atoms. The molecule has 0 aliphatic carbocycles. The van der Waals surface area contributed by atoms with Crippen LogP contribution in [-0.2, 0) is 9.47 Å². The molecule has 0 bridgehead atoms. The summed E-state index contributed by atoms with van der Waals surface area (Å²) in [7, 11) is 0. The quantitative estimate of drug-likeness (QED) is 0.839. The van der Waals surface area contributed by atoms with Crippen molar-refractivity contribution in [2.24, 2.45) is 5.41 Å². The fourth-order valence-electron chi connectivity index (χ4n) is 3.80. The van der Waals surface area contributed by atoms with E-state index in [1.54, 1.807) is 0 Å². The second-order valence-electron chi connectivity index (χ2n) is 7.87. The Hall–Kier alpha value is -0.200. The number of hydroxylamine groups is 2. The summed E-state index contributed by atoms with van der Waals surface area (Å²) < 4.78 is 12.3. The van der Waals surface area contributed by atoms with Crippen LogP contribution in [0.5, 0.6) is 0 Å². The summed E-state index contributed by atoms with van der Waals surface area (Å²) >= 11 is 0. The standard InChI is InChI=1S/C16H31NO4/c1-6-15(7-2)9-16(8-13(3,4)17(15)19)20-11-14(5,10-18)12-21-16/h18-19H,6-12H2,1-5H3. The topological polar surface area (TPSA) is 62.2 Å². The first-order chi connectivity index (χ1) is 9.67. The zero-order chi connectivity index (χ0) is 15.9. The van der Waals surface area contributed by atoms with Gasteiger partial charge in [0.2, 0.25) is 0 Å². The number of ether oxygens (including phenoxy) is 2. The van der Waals surface area contributed by atoms with Crippen molar-refractivity contribution in [1.29, 1.82) is 0 Å². The highest BCUT2D eigenvalue weighted by atomic mass is 16.7. The third kappa shape index (κ3) is 2.86. The zero-order valence-electron chi connectivity index (χ0n) is 14.1. The monoisotopic (exact) mass is 301 g/mol. The Kier molecular flexibility index (Phi) is 4.46. The number of nitrogens with zero attached hydrogens (tertiary/aromatic N) is 1. The third-order valence-corrected chi connectivity index (χ3v) is 5.39. The molecule has 5 nitrogen and oxygen atoms in total. The Bertz CT molecular complexity index is 370. The molecular formula is C16H31NO4. The van der Waals surface area contributed by atoms with Crippen LogP contribution in [-0.4, -0.2) is 52.1 Å². The van der Waals surface area contributed by atoms with Gasteiger partial charge in [-0.25, -0.2) is 0 Å². The predicted octanol–water partition coefficient (Wildman–Crippen LogP) is 2.55. The Morgan fingerprint density at radius 2 is 1.52 bits per heavy atom. The van der Waals surface area contributed by atoms with Gasteiger partial charge in [0, 0.05) is 23.8 Å². The van der Waals surface area contributed by atoms with Crippen LogP contribution >= 0.6 is 0 Å². The number of hydrogen-bond donors (Lipinski definition) is 2. The maximum Gasteiger partial charge on any atom is 0.172 e. The van der Waals surface area contributed by atoms with E-state index in [4.69, 9.17) is 9.47 Å². The molecule has 2 saturated heterocycles. The third-order valence-electron chi connectivity index (χ3n) is 5.39. The van der Waals surface area contributed by atoms with Crippen LogP contribution in [0.15, 0.2) is 0 Å². The van der Waals surface area contributed by atoms with Crippen molar-refractivity contribution in [2.45, 2.75) is 77.2 Å². The van der Waals surface area contributed by atoms with Gasteiger partial charge in [0.1, 0.15) is 0 Å². The SMILES string of the molecule is CCC1(CC)CC2(CC(C)(C)N1O)OCC(C)(CO)CO2. The second kappa shape index (κ2) is 5.46. The molecule has 2 fully saturated rings. The summed E-state index contributed by atoms with van der Waals surface area (Å²) in [6, 6.07) is 0.